The number of rotatable bonds is 5. The average Bonchev–Trinajstić information content (AvgIpc) is 3.50. The van der Waals surface area contributed by atoms with Gasteiger partial charge in [-0.15, -0.1) is 20.4 Å². The second-order valence-electron chi connectivity index (χ2n) is 7.36. The molecule has 0 bridgehead atoms. The van der Waals surface area contributed by atoms with E-state index in [-0.39, 0.29) is 11.7 Å². The van der Waals surface area contributed by atoms with Crippen molar-refractivity contribution in [3.63, 3.8) is 0 Å². The SMILES string of the molecule is COc1ccc(Cl)cc1NC(=O)N1CCCN1C(=O)CSc1nnc2nnc3ccccc3n12. The molecule has 1 N–H and O–H groups in total. The third kappa shape index (κ3) is 4.17. The monoisotopic (exact) mass is 498 g/mol. The highest BCUT2D eigenvalue weighted by molar-refractivity contribution is 7.99. The lowest BCUT2D eigenvalue weighted by Gasteiger charge is -2.28. The molecule has 3 heterocycles. The number of hydrogen-bond acceptors (Lipinski definition) is 8. The highest BCUT2D eigenvalue weighted by Crippen LogP contribution is 2.29. The van der Waals surface area contributed by atoms with Crippen LogP contribution in [0.1, 0.15) is 6.42 Å². The first kappa shape index (κ1) is 22.2. The fraction of sp³-hybridized carbons (Fsp3) is 0.238. The number of nitrogens with zero attached hydrogens (tertiary/aromatic N) is 7. The van der Waals surface area contributed by atoms with E-state index in [1.54, 1.807) is 22.6 Å². The average molecular weight is 499 g/mol. The molecule has 11 nitrogen and oxygen atoms in total. The largest absolute Gasteiger partial charge is 0.495 e. The van der Waals surface area contributed by atoms with Crippen molar-refractivity contribution in [3.05, 3.63) is 47.5 Å². The van der Waals surface area contributed by atoms with Gasteiger partial charge in [-0.1, -0.05) is 35.5 Å². The number of benzene rings is 2. The van der Waals surface area contributed by atoms with Gasteiger partial charge in [-0.3, -0.25) is 9.20 Å². The summed E-state index contributed by atoms with van der Waals surface area (Å²) in [4.78, 5) is 26.0. The Hall–Kier alpha value is -3.64. The molecule has 0 unspecified atom stereocenters. The van der Waals surface area contributed by atoms with Crippen molar-refractivity contribution >= 4 is 57.8 Å². The van der Waals surface area contributed by atoms with Crippen molar-refractivity contribution in [3.8, 4) is 5.75 Å². The fourth-order valence-corrected chi connectivity index (χ4v) is 4.69. The Morgan fingerprint density at radius 1 is 1.09 bits per heavy atom. The zero-order valence-corrected chi connectivity index (χ0v) is 19.6. The van der Waals surface area contributed by atoms with E-state index >= 15 is 0 Å². The van der Waals surface area contributed by atoms with Crippen molar-refractivity contribution in [2.75, 3.05) is 31.3 Å². The molecule has 0 saturated carbocycles. The van der Waals surface area contributed by atoms with Crippen molar-refractivity contribution in [1.29, 1.82) is 0 Å². The topological polar surface area (TPSA) is 118 Å². The number of para-hydroxylation sites is 1. The minimum atomic E-state index is -0.439. The molecule has 1 fully saturated rings. The number of fused-ring (bicyclic) bond motifs is 3. The Morgan fingerprint density at radius 2 is 1.88 bits per heavy atom. The highest BCUT2D eigenvalue weighted by Gasteiger charge is 2.31. The van der Waals surface area contributed by atoms with Crippen molar-refractivity contribution in [2.24, 2.45) is 0 Å². The van der Waals surface area contributed by atoms with Gasteiger partial charge in [0.1, 0.15) is 11.3 Å². The summed E-state index contributed by atoms with van der Waals surface area (Å²) in [6, 6.07) is 12.0. The first-order valence-electron chi connectivity index (χ1n) is 10.4. The maximum Gasteiger partial charge on any atom is 0.340 e. The number of carbonyl (C=O) groups is 2. The number of amides is 3. The quantitative estimate of drug-likeness (QED) is 0.417. The van der Waals surface area contributed by atoms with Crippen molar-refractivity contribution in [2.45, 2.75) is 11.6 Å². The van der Waals surface area contributed by atoms with Gasteiger partial charge in [-0.25, -0.2) is 14.8 Å². The zero-order chi connectivity index (χ0) is 23.7. The van der Waals surface area contributed by atoms with Crippen LogP contribution in [0.2, 0.25) is 5.02 Å². The number of hydrogen-bond donors (Lipinski definition) is 1. The zero-order valence-electron chi connectivity index (χ0n) is 18.0. The Labute approximate surface area is 203 Å². The summed E-state index contributed by atoms with van der Waals surface area (Å²) in [5, 5.41) is 23.0. The predicted molar refractivity (Wildman–Crippen MR) is 127 cm³/mol. The van der Waals surface area contributed by atoms with E-state index in [0.717, 1.165) is 5.52 Å². The van der Waals surface area contributed by atoms with Crippen molar-refractivity contribution in [1.82, 2.24) is 34.8 Å². The molecule has 34 heavy (non-hydrogen) atoms. The van der Waals surface area contributed by atoms with Gasteiger partial charge in [0, 0.05) is 18.1 Å². The van der Waals surface area contributed by atoms with E-state index in [1.807, 2.05) is 24.3 Å². The summed E-state index contributed by atoms with van der Waals surface area (Å²) in [6.45, 7) is 0.855. The van der Waals surface area contributed by atoms with Gasteiger partial charge >= 0.3 is 6.03 Å². The van der Waals surface area contributed by atoms with Gasteiger partial charge < -0.3 is 10.1 Å². The summed E-state index contributed by atoms with van der Waals surface area (Å²) in [5.74, 6) is 0.672. The molecular formula is C21H19ClN8O3S. The van der Waals surface area contributed by atoms with E-state index in [4.69, 9.17) is 16.3 Å². The Balaban J connectivity index is 1.30. The lowest BCUT2D eigenvalue weighted by atomic mass is 10.3. The standard InChI is InChI=1S/C21H19ClN8O3S/c1-33-17-8-7-13(22)11-15(17)23-20(32)29-10-4-9-28(29)18(31)12-34-21-27-26-19-25-24-14-5-2-3-6-16(14)30(19)21/h2-3,5-8,11H,4,9-10,12H2,1H3,(H,23,32). The van der Waals surface area contributed by atoms with Crippen LogP contribution in [0.5, 0.6) is 5.75 Å². The lowest BCUT2D eigenvalue weighted by Crippen LogP contribution is -2.47. The molecule has 2 aromatic heterocycles. The molecule has 4 aromatic rings. The van der Waals surface area contributed by atoms with Crippen LogP contribution in [0.15, 0.2) is 47.6 Å². The van der Waals surface area contributed by atoms with Gasteiger partial charge in [-0.2, -0.15) is 0 Å². The van der Waals surface area contributed by atoms with Crippen LogP contribution >= 0.6 is 23.4 Å². The summed E-state index contributed by atoms with van der Waals surface area (Å²) in [7, 11) is 1.50. The molecule has 0 spiro atoms. The maximum atomic E-state index is 13.0. The summed E-state index contributed by atoms with van der Waals surface area (Å²) < 4.78 is 7.05. The number of aromatic nitrogens is 5. The van der Waals surface area contributed by atoms with E-state index in [9.17, 15) is 9.59 Å². The summed E-state index contributed by atoms with van der Waals surface area (Å²) in [6.07, 6.45) is 0.671. The number of nitrogens with one attached hydrogen (secondary N) is 1. The van der Waals surface area contributed by atoms with E-state index in [0.29, 0.717) is 52.4 Å². The highest BCUT2D eigenvalue weighted by atomic mass is 35.5. The predicted octanol–water partition coefficient (Wildman–Crippen LogP) is 3.11. The number of urea groups is 1. The molecule has 1 aliphatic rings. The summed E-state index contributed by atoms with van der Waals surface area (Å²) in [5.41, 5.74) is 1.92. The number of methoxy groups -OCH3 is 1. The van der Waals surface area contributed by atoms with E-state index in [2.05, 4.69) is 25.7 Å². The fourth-order valence-electron chi connectivity index (χ4n) is 3.71. The third-order valence-electron chi connectivity index (χ3n) is 5.27. The van der Waals surface area contributed by atoms with E-state index in [1.165, 1.54) is 28.9 Å². The molecule has 0 aliphatic carbocycles. The first-order valence-corrected chi connectivity index (χ1v) is 11.7. The molecule has 1 saturated heterocycles. The second kappa shape index (κ2) is 9.31. The first-order chi connectivity index (χ1) is 16.5. The maximum absolute atomic E-state index is 13.0. The number of anilines is 1. The minimum Gasteiger partial charge on any atom is -0.495 e. The Morgan fingerprint density at radius 3 is 2.74 bits per heavy atom. The minimum absolute atomic E-state index is 0.0711. The molecule has 0 radical (unpaired) electrons. The van der Waals surface area contributed by atoms with Crippen LogP contribution in [0.4, 0.5) is 10.5 Å². The van der Waals surface area contributed by atoms with Crippen LogP contribution < -0.4 is 10.1 Å². The molecule has 5 rings (SSSR count). The molecule has 0 atom stereocenters. The van der Waals surface area contributed by atoms with Gasteiger partial charge in [-0.05, 0) is 36.8 Å². The van der Waals surface area contributed by atoms with Gasteiger partial charge in [0.05, 0.1) is 24.1 Å². The number of halogens is 1. The number of hydrazine groups is 1. The van der Waals surface area contributed by atoms with Crippen LogP contribution in [-0.4, -0.2) is 72.7 Å². The number of ether oxygens (including phenoxy) is 1. The molecule has 3 amide bonds. The van der Waals surface area contributed by atoms with Gasteiger partial charge in [0.2, 0.25) is 0 Å². The van der Waals surface area contributed by atoms with Crippen LogP contribution in [0.25, 0.3) is 16.8 Å². The lowest BCUT2D eigenvalue weighted by molar-refractivity contribution is -0.136. The smallest absolute Gasteiger partial charge is 0.340 e. The molecule has 174 valence electrons. The van der Waals surface area contributed by atoms with Gasteiger partial charge in [0.15, 0.2) is 5.16 Å². The Kier molecular flexibility index (Phi) is 6.07. The molecular weight excluding hydrogens is 480 g/mol. The Bertz CT molecular complexity index is 1400. The number of thioether (sulfide) groups is 1. The number of carbonyl (C=O) groups excluding carboxylic acids is 2. The van der Waals surface area contributed by atoms with Gasteiger partial charge in [0.25, 0.3) is 11.7 Å². The molecule has 2 aromatic carbocycles. The molecule has 1 aliphatic heterocycles. The molecule has 13 heteroatoms. The van der Waals surface area contributed by atoms with E-state index < -0.39 is 6.03 Å². The van der Waals surface area contributed by atoms with Crippen LogP contribution in [0.3, 0.4) is 0 Å². The van der Waals surface area contributed by atoms with Crippen LogP contribution in [0, 0.1) is 0 Å². The summed E-state index contributed by atoms with van der Waals surface area (Å²) >= 11 is 7.28. The third-order valence-corrected chi connectivity index (χ3v) is 6.42. The van der Waals surface area contributed by atoms with Crippen LogP contribution in [-0.2, 0) is 4.79 Å². The van der Waals surface area contributed by atoms with Crippen molar-refractivity contribution < 1.29 is 14.3 Å². The normalized spacial score (nSPS) is 13.6. The second-order valence-corrected chi connectivity index (χ2v) is 8.74.